The summed E-state index contributed by atoms with van der Waals surface area (Å²) in [6, 6.07) is 18.6. The van der Waals surface area contributed by atoms with Crippen LogP contribution in [0.25, 0.3) is 0 Å². The van der Waals surface area contributed by atoms with Gasteiger partial charge in [-0.2, -0.15) is 5.10 Å². The van der Waals surface area contributed by atoms with Crippen molar-refractivity contribution in [2.45, 2.75) is 26.4 Å². The van der Waals surface area contributed by atoms with Crippen molar-refractivity contribution in [1.82, 2.24) is 5.43 Å². The first-order valence-corrected chi connectivity index (χ1v) is 13.7. The number of allylic oxidation sites excluding steroid dienone is 1. The Morgan fingerprint density at radius 1 is 1.18 bits per heavy atom. The van der Waals surface area contributed by atoms with Crippen LogP contribution in [0, 0.1) is 5.92 Å². The predicted octanol–water partition coefficient (Wildman–Crippen LogP) is 6.31. The molecule has 202 valence electrons. The number of hydrazone groups is 1. The lowest BCUT2D eigenvalue weighted by Crippen LogP contribution is -2.30. The topological polar surface area (TPSA) is 80.2 Å². The minimum absolute atomic E-state index is 0.115. The second-order valence-corrected chi connectivity index (χ2v) is 10.3. The monoisotopic (exact) mass is 609 g/mol. The van der Waals surface area contributed by atoms with Crippen molar-refractivity contribution in [3.63, 3.8) is 0 Å². The molecule has 0 aliphatic carbocycles. The van der Waals surface area contributed by atoms with Crippen molar-refractivity contribution in [2.24, 2.45) is 11.0 Å². The molecule has 4 rings (SSSR count). The van der Waals surface area contributed by atoms with E-state index in [4.69, 9.17) is 21.1 Å². The van der Waals surface area contributed by atoms with Crippen LogP contribution in [0.2, 0.25) is 5.02 Å². The largest absolute Gasteiger partial charge is 0.490 e. The molecule has 2 amide bonds. The summed E-state index contributed by atoms with van der Waals surface area (Å²) in [5.74, 6) is 0.293. The fourth-order valence-corrected chi connectivity index (χ4v) is 4.63. The molecule has 0 aromatic heterocycles. The lowest BCUT2D eigenvalue weighted by atomic mass is 10.1. The van der Waals surface area contributed by atoms with E-state index in [1.54, 1.807) is 41.5 Å². The van der Waals surface area contributed by atoms with Crippen molar-refractivity contribution in [1.29, 1.82) is 0 Å². The number of amides is 2. The molecule has 1 aliphatic heterocycles. The van der Waals surface area contributed by atoms with Crippen LogP contribution in [0.15, 0.2) is 82.9 Å². The average molecular weight is 611 g/mol. The second-order valence-electron chi connectivity index (χ2n) is 8.96. The van der Waals surface area contributed by atoms with Crippen molar-refractivity contribution < 1.29 is 19.1 Å². The number of nitrogens with zero attached hydrogens (tertiary/aromatic N) is 2. The Morgan fingerprint density at radius 2 is 1.92 bits per heavy atom. The predicted molar refractivity (Wildman–Crippen MR) is 158 cm³/mol. The van der Waals surface area contributed by atoms with Crippen molar-refractivity contribution in [3.8, 4) is 11.5 Å². The Balaban J connectivity index is 1.44. The average Bonchev–Trinajstić information content (AvgIpc) is 3.31. The Labute approximate surface area is 241 Å². The van der Waals surface area contributed by atoms with Gasteiger partial charge < -0.3 is 14.4 Å². The number of nitrogens with one attached hydrogen (secondary N) is 1. The highest BCUT2D eigenvalue weighted by Crippen LogP contribution is 2.34. The van der Waals surface area contributed by atoms with Crippen LogP contribution >= 0.6 is 27.5 Å². The summed E-state index contributed by atoms with van der Waals surface area (Å²) in [5.41, 5.74) is 5.94. The molecule has 1 fully saturated rings. The highest BCUT2D eigenvalue weighted by Gasteiger charge is 2.35. The first-order chi connectivity index (χ1) is 18.9. The van der Waals surface area contributed by atoms with E-state index in [0.29, 0.717) is 41.8 Å². The summed E-state index contributed by atoms with van der Waals surface area (Å²) in [7, 11) is 0. The van der Waals surface area contributed by atoms with E-state index in [1.807, 2.05) is 43.3 Å². The fraction of sp³-hybridized carbons (Fsp3) is 0.233. The summed E-state index contributed by atoms with van der Waals surface area (Å²) in [6.07, 6.45) is 4.03. The van der Waals surface area contributed by atoms with Gasteiger partial charge in [0, 0.05) is 33.7 Å². The van der Waals surface area contributed by atoms with E-state index in [2.05, 4.69) is 33.0 Å². The number of hydrogen-bond acceptors (Lipinski definition) is 5. The van der Waals surface area contributed by atoms with Crippen molar-refractivity contribution >= 4 is 51.2 Å². The van der Waals surface area contributed by atoms with Gasteiger partial charge in [-0.3, -0.25) is 9.59 Å². The molecule has 0 radical (unpaired) electrons. The molecule has 3 aromatic carbocycles. The lowest BCUT2D eigenvalue weighted by molar-refractivity contribution is -0.126. The number of hydrogen-bond donors (Lipinski definition) is 1. The third-order valence-electron chi connectivity index (χ3n) is 6.14. The standard InChI is InChI=1S/C30H29BrClN3O4/c1-3-5-22-14-21(15-27(38-4-2)29(22)39-19-20-6-8-24(31)9-7-20)17-33-34-30(37)23-16-28(36)35(18-23)26-12-10-25(32)11-13-26/h3,6-15,17,23H,1,4-5,16,18-19H2,2H3,(H,34,37)/b33-17-/t23-/m0/s1. The fourth-order valence-electron chi connectivity index (χ4n) is 4.24. The van der Waals surface area contributed by atoms with Gasteiger partial charge >= 0.3 is 0 Å². The summed E-state index contributed by atoms with van der Waals surface area (Å²) < 4.78 is 13.1. The molecule has 0 unspecified atom stereocenters. The van der Waals surface area contributed by atoms with Crippen LogP contribution < -0.4 is 19.8 Å². The maximum atomic E-state index is 12.8. The van der Waals surface area contributed by atoms with Gasteiger partial charge in [0.1, 0.15) is 6.61 Å². The van der Waals surface area contributed by atoms with Crippen LogP contribution in [0.3, 0.4) is 0 Å². The van der Waals surface area contributed by atoms with Gasteiger partial charge in [-0.15, -0.1) is 6.58 Å². The molecular formula is C30H29BrClN3O4. The number of carbonyl (C=O) groups is 2. The zero-order valence-corrected chi connectivity index (χ0v) is 23.9. The Hall–Kier alpha value is -3.62. The van der Waals surface area contributed by atoms with E-state index < -0.39 is 5.92 Å². The molecule has 39 heavy (non-hydrogen) atoms. The molecule has 1 aliphatic rings. The Kier molecular flexibility index (Phi) is 9.79. The number of anilines is 1. The van der Waals surface area contributed by atoms with Gasteiger partial charge in [0.2, 0.25) is 11.8 Å². The Bertz CT molecular complexity index is 1360. The number of ether oxygens (including phenoxy) is 2. The number of carbonyl (C=O) groups excluding carboxylic acids is 2. The second kappa shape index (κ2) is 13.4. The van der Waals surface area contributed by atoms with Crippen molar-refractivity contribution in [2.75, 3.05) is 18.1 Å². The van der Waals surface area contributed by atoms with Gasteiger partial charge in [-0.1, -0.05) is 45.7 Å². The molecule has 3 aromatic rings. The third kappa shape index (κ3) is 7.49. The van der Waals surface area contributed by atoms with E-state index >= 15 is 0 Å². The van der Waals surface area contributed by atoms with Crippen LogP contribution in [-0.4, -0.2) is 31.2 Å². The minimum Gasteiger partial charge on any atom is -0.490 e. The highest BCUT2D eigenvalue weighted by atomic mass is 79.9. The highest BCUT2D eigenvalue weighted by molar-refractivity contribution is 9.10. The number of benzene rings is 3. The molecule has 9 heteroatoms. The first-order valence-electron chi connectivity index (χ1n) is 12.5. The number of rotatable bonds is 11. The van der Waals surface area contributed by atoms with Crippen molar-refractivity contribution in [3.05, 3.63) is 99.5 Å². The van der Waals surface area contributed by atoms with Gasteiger partial charge in [0.05, 0.1) is 18.7 Å². The minimum atomic E-state index is -0.505. The number of halogens is 2. The summed E-state index contributed by atoms with van der Waals surface area (Å²) >= 11 is 9.39. The normalized spacial score (nSPS) is 15.0. The lowest BCUT2D eigenvalue weighted by Gasteiger charge is -2.17. The molecule has 0 bridgehead atoms. The van der Waals surface area contributed by atoms with Crippen LogP contribution in [-0.2, 0) is 22.6 Å². The molecule has 0 spiro atoms. The molecule has 1 heterocycles. The summed E-state index contributed by atoms with van der Waals surface area (Å²) in [6.45, 7) is 6.90. The van der Waals surface area contributed by atoms with E-state index in [-0.39, 0.29) is 24.8 Å². The third-order valence-corrected chi connectivity index (χ3v) is 6.92. The zero-order chi connectivity index (χ0) is 27.8. The molecule has 1 saturated heterocycles. The summed E-state index contributed by atoms with van der Waals surface area (Å²) in [4.78, 5) is 26.8. The van der Waals surface area contributed by atoms with Gasteiger partial charge in [0.15, 0.2) is 11.5 Å². The van der Waals surface area contributed by atoms with Crippen LogP contribution in [0.5, 0.6) is 11.5 Å². The SMILES string of the molecule is C=CCc1cc(/C=N\NC(=O)[C@H]2CC(=O)N(c3ccc(Cl)cc3)C2)cc(OCC)c1OCc1ccc(Br)cc1. The molecule has 7 nitrogen and oxygen atoms in total. The smallest absolute Gasteiger partial charge is 0.245 e. The van der Waals surface area contributed by atoms with E-state index in [9.17, 15) is 9.59 Å². The molecule has 1 atom stereocenters. The maximum Gasteiger partial charge on any atom is 0.245 e. The summed E-state index contributed by atoms with van der Waals surface area (Å²) in [5, 5.41) is 4.74. The Morgan fingerprint density at radius 3 is 2.62 bits per heavy atom. The molecule has 1 N–H and O–H groups in total. The van der Waals surface area contributed by atoms with E-state index in [1.165, 1.54) is 0 Å². The van der Waals surface area contributed by atoms with Gasteiger partial charge in [-0.25, -0.2) is 5.43 Å². The van der Waals surface area contributed by atoms with Gasteiger partial charge in [-0.05, 0) is 73.0 Å². The maximum absolute atomic E-state index is 12.8. The first kappa shape index (κ1) is 28.4. The molecule has 0 saturated carbocycles. The van der Waals surface area contributed by atoms with Crippen LogP contribution in [0.1, 0.15) is 30.0 Å². The zero-order valence-electron chi connectivity index (χ0n) is 21.5. The molecular weight excluding hydrogens is 582 g/mol. The van der Waals surface area contributed by atoms with Crippen LogP contribution in [0.4, 0.5) is 5.69 Å². The van der Waals surface area contributed by atoms with E-state index in [0.717, 1.165) is 21.2 Å². The quantitative estimate of drug-likeness (QED) is 0.157. The van der Waals surface area contributed by atoms with Gasteiger partial charge in [0.25, 0.3) is 0 Å².